The van der Waals surface area contributed by atoms with Crippen LogP contribution in [0.15, 0.2) is 60.9 Å². The molecule has 1 N–H and O–H groups in total. The Kier molecular flexibility index (Phi) is 3.74. The van der Waals surface area contributed by atoms with E-state index >= 15 is 0 Å². The summed E-state index contributed by atoms with van der Waals surface area (Å²) >= 11 is 0. The molecular weight excluding hydrogens is 276 g/mol. The van der Waals surface area contributed by atoms with E-state index in [9.17, 15) is 9.90 Å². The Morgan fingerprint density at radius 2 is 1.86 bits per heavy atom. The fourth-order valence-electron chi connectivity index (χ4n) is 2.44. The van der Waals surface area contributed by atoms with Crippen LogP contribution in [0.2, 0.25) is 0 Å². The van der Waals surface area contributed by atoms with E-state index in [1.807, 2.05) is 16.8 Å². The first-order valence-corrected chi connectivity index (χ1v) is 7.04. The van der Waals surface area contributed by atoms with E-state index in [1.165, 1.54) is 5.56 Å². The van der Waals surface area contributed by atoms with Gasteiger partial charge in [-0.05, 0) is 18.6 Å². The van der Waals surface area contributed by atoms with Crippen LogP contribution >= 0.6 is 0 Å². The molecule has 3 aromatic rings. The highest BCUT2D eigenvalue weighted by atomic mass is 16.4. The van der Waals surface area contributed by atoms with Gasteiger partial charge in [0.15, 0.2) is 0 Å². The van der Waals surface area contributed by atoms with Crippen LogP contribution in [-0.2, 0) is 6.54 Å². The van der Waals surface area contributed by atoms with E-state index in [2.05, 4.69) is 36.2 Å². The van der Waals surface area contributed by atoms with Gasteiger partial charge in [0.05, 0.1) is 5.56 Å². The van der Waals surface area contributed by atoms with Crippen molar-refractivity contribution in [3.8, 4) is 11.4 Å². The Labute approximate surface area is 128 Å². The summed E-state index contributed by atoms with van der Waals surface area (Å²) in [5.74, 6) is -0.279. The third-order valence-electron chi connectivity index (χ3n) is 3.59. The molecule has 1 aromatic heterocycles. The van der Waals surface area contributed by atoms with Gasteiger partial charge >= 0.3 is 5.97 Å². The van der Waals surface area contributed by atoms with Crippen molar-refractivity contribution in [2.24, 2.45) is 0 Å². The first-order chi connectivity index (χ1) is 10.6. The summed E-state index contributed by atoms with van der Waals surface area (Å²) in [6.45, 7) is 2.71. The molecule has 4 heteroatoms. The van der Waals surface area contributed by atoms with E-state index < -0.39 is 5.97 Å². The van der Waals surface area contributed by atoms with Crippen molar-refractivity contribution in [3.63, 3.8) is 0 Å². The van der Waals surface area contributed by atoms with Gasteiger partial charge < -0.3 is 9.67 Å². The minimum absolute atomic E-state index is 0.263. The van der Waals surface area contributed by atoms with Gasteiger partial charge in [0.2, 0.25) is 0 Å². The van der Waals surface area contributed by atoms with Crippen LogP contribution in [0.25, 0.3) is 11.4 Å². The van der Waals surface area contributed by atoms with Crippen LogP contribution in [-0.4, -0.2) is 20.6 Å². The number of aromatic carboxylic acids is 1. The van der Waals surface area contributed by atoms with Crippen molar-refractivity contribution < 1.29 is 9.90 Å². The van der Waals surface area contributed by atoms with E-state index in [1.54, 1.807) is 24.4 Å². The quantitative estimate of drug-likeness (QED) is 0.799. The standard InChI is InChI=1S/C18H16N2O2/c1-13-6-8-14(9-7-13)12-20-11-10-19-17(20)15-4-2-3-5-16(15)18(21)22/h2-11H,12H2,1H3,(H,21,22). The Balaban J connectivity index is 1.99. The molecule has 0 amide bonds. The molecule has 0 radical (unpaired) electrons. The maximum atomic E-state index is 11.4. The van der Waals surface area contributed by atoms with Crippen molar-refractivity contribution in [1.29, 1.82) is 0 Å². The Hall–Kier alpha value is -2.88. The third-order valence-corrected chi connectivity index (χ3v) is 3.59. The lowest BCUT2D eigenvalue weighted by atomic mass is 10.1. The van der Waals surface area contributed by atoms with Crippen LogP contribution in [0.3, 0.4) is 0 Å². The topological polar surface area (TPSA) is 55.1 Å². The Morgan fingerprint density at radius 3 is 2.59 bits per heavy atom. The highest BCUT2D eigenvalue weighted by Crippen LogP contribution is 2.23. The second-order valence-corrected chi connectivity index (χ2v) is 5.22. The minimum Gasteiger partial charge on any atom is -0.478 e. The normalized spacial score (nSPS) is 10.6. The van der Waals surface area contributed by atoms with Crippen molar-refractivity contribution in [2.75, 3.05) is 0 Å². The van der Waals surface area contributed by atoms with E-state index in [-0.39, 0.29) is 5.56 Å². The molecule has 0 fully saturated rings. The molecule has 3 rings (SSSR count). The molecular formula is C18H16N2O2. The number of nitrogens with zero attached hydrogens (tertiary/aromatic N) is 2. The Morgan fingerprint density at radius 1 is 1.14 bits per heavy atom. The molecule has 0 aliphatic rings. The van der Waals surface area contributed by atoms with Crippen LogP contribution in [0.1, 0.15) is 21.5 Å². The van der Waals surface area contributed by atoms with Crippen molar-refractivity contribution in [3.05, 3.63) is 77.6 Å². The average molecular weight is 292 g/mol. The largest absolute Gasteiger partial charge is 0.478 e. The van der Waals surface area contributed by atoms with Gasteiger partial charge in [0, 0.05) is 24.5 Å². The summed E-state index contributed by atoms with van der Waals surface area (Å²) < 4.78 is 1.96. The number of aromatic nitrogens is 2. The molecule has 22 heavy (non-hydrogen) atoms. The molecule has 0 saturated carbocycles. The summed E-state index contributed by atoms with van der Waals surface area (Å²) in [4.78, 5) is 15.7. The smallest absolute Gasteiger partial charge is 0.336 e. The lowest BCUT2D eigenvalue weighted by molar-refractivity contribution is 0.0697. The summed E-state index contributed by atoms with van der Waals surface area (Å²) in [6.07, 6.45) is 3.57. The molecule has 0 atom stereocenters. The van der Waals surface area contributed by atoms with Crippen molar-refractivity contribution >= 4 is 5.97 Å². The predicted octanol–water partition coefficient (Wildman–Crippen LogP) is 3.61. The van der Waals surface area contributed by atoms with Gasteiger partial charge in [-0.25, -0.2) is 9.78 Å². The monoisotopic (exact) mass is 292 g/mol. The molecule has 2 aromatic carbocycles. The fraction of sp³-hybridized carbons (Fsp3) is 0.111. The van der Waals surface area contributed by atoms with Gasteiger partial charge in [-0.15, -0.1) is 0 Å². The number of aryl methyl sites for hydroxylation is 1. The summed E-state index contributed by atoms with van der Waals surface area (Å²) in [5, 5.41) is 9.34. The molecule has 0 bridgehead atoms. The average Bonchev–Trinajstić information content (AvgIpc) is 2.97. The zero-order chi connectivity index (χ0) is 15.5. The van der Waals surface area contributed by atoms with E-state index in [4.69, 9.17) is 0 Å². The van der Waals surface area contributed by atoms with Gasteiger partial charge in [-0.2, -0.15) is 0 Å². The summed E-state index contributed by atoms with van der Waals surface area (Å²) in [7, 11) is 0. The number of carboxylic acids is 1. The maximum absolute atomic E-state index is 11.4. The first-order valence-electron chi connectivity index (χ1n) is 7.04. The zero-order valence-corrected chi connectivity index (χ0v) is 12.2. The van der Waals surface area contributed by atoms with Crippen molar-refractivity contribution in [2.45, 2.75) is 13.5 Å². The number of benzene rings is 2. The van der Waals surface area contributed by atoms with Gasteiger partial charge in [-0.1, -0.05) is 48.0 Å². The molecule has 0 aliphatic heterocycles. The Bertz CT molecular complexity index is 804. The van der Waals surface area contributed by atoms with Crippen LogP contribution < -0.4 is 0 Å². The van der Waals surface area contributed by atoms with Crippen LogP contribution in [0.4, 0.5) is 0 Å². The molecule has 0 aliphatic carbocycles. The highest BCUT2D eigenvalue weighted by Gasteiger charge is 2.15. The SMILES string of the molecule is Cc1ccc(Cn2ccnc2-c2ccccc2C(=O)O)cc1. The number of carbonyl (C=O) groups is 1. The number of carboxylic acid groups (broad SMARTS) is 1. The molecule has 1 heterocycles. The van der Waals surface area contributed by atoms with E-state index in [0.717, 1.165) is 5.56 Å². The molecule has 4 nitrogen and oxygen atoms in total. The lowest BCUT2D eigenvalue weighted by Crippen LogP contribution is -2.05. The third kappa shape index (κ3) is 2.76. The van der Waals surface area contributed by atoms with Gasteiger partial charge in [0.1, 0.15) is 5.82 Å². The predicted molar refractivity (Wildman–Crippen MR) is 84.9 cm³/mol. The molecule has 0 spiro atoms. The number of imidazole rings is 1. The number of rotatable bonds is 4. The van der Waals surface area contributed by atoms with Crippen LogP contribution in [0, 0.1) is 6.92 Å². The van der Waals surface area contributed by atoms with E-state index in [0.29, 0.717) is 17.9 Å². The summed E-state index contributed by atoms with van der Waals surface area (Å²) in [6, 6.07) is 15.2. The fourth-order valence-corrected chi connectivity index (χ4v) is 2.44. The maximum Gasteiger partial charge on any atom is 0.336 e. The minimum atomic E-state index is -0.944. The molecule has 0 unspecified atom stereocenters. The lowest BCUT2D eigenvalue weighted by Gasteiger charge is -2.10. The number of hydrogen-bond donors (Lipinski definition) is 1. The second-order valence-electron chi connectivity index (χ2n) is 5.22. The van der Waals surface area contributed by atoms with Gasteiger partial charge in [0.25, 0.3) is 0 Å². The first kappa shape index (κ1) is 14.1. The van der Waals surface area contributed by atoms with Crippen molar-refractivity contribution in [1.82, 2.24) is 9.55 Å². The second kappa shape index (κ2) is 5.85. The van der Waals surface area contributed by atoms with Gasteiger partial charge in [-0.3, -0.25) is 0 Å². The number of hydrogen-bond acceptors (Lipinski definition) is 2. The molecule has 0 saturated heterocycles. The molecule has 110 valence electrons. The zero-order valence-electron chi connectivity index (χ0n) is 12.2. The highest BCUT2D eigenvalue weighted by molar-refractivity contribution is 5.95. The summed E-state index contributed by atoms with van der Waals surface area (Å²) in [5.41, 5.74) is 3.26. The van der Waals surface area contributed by atoms with Crippen LogP contribution in [0.5, 0.6) is 0 Å².